The summed E-state index contributed by atoms with van der Waals surface area (Å²) in [6.45, 7) is 1.68. The third-order valence-corrected chi connectivity index (χ3v) is 1.93. The van der Waals surface area contributed by atoms with Gasteiger partial charge in [0, 0.05) is 5.38 Å². The number of aromatic nitrogens is 1. The number of nitrogens with zero attached hydrogens (tertiary/aromatic N) is 1. The smallest absolute Gasteiger partial charge is 0.0797 e. The van der Waals surface area contributed by atoms with Crippen LogP contribution < -0.4 is 5.73 Å². The van der Waals surface area contributed by atoms with Crippen LogP contribution in [0.1, 0.15) is 12.6 Å². The third kappa shape index (κ3) is 1.34. The van der Waals surface area contributed by atoms with Gasteiger partial charge >= 0.3 is 0 Å². The van der Waals surface area contributed by atoms with E-state index < -0.39 is 5.54 Å². The second-order valence-corrected chi connectivity index (χ2v) is 3.17. The van der Waals surface area contributed by atoms with Crippen molar-refractivity contribution in [2.75, 3.05) is 6.61 Å². The Morgan fingerprint density at radius 1 is 1.90 bits per heavy atom. The zero-order valence-corrected chi connectivity index (χ0v) is 6.56. The van der Waals surface area contributed by atoms with Gasteiger partial charge < -0.3 is 10.8 Å². The van der Waals surface area contributed by atoms with Gasteiger partial charge in [-0.15, -0.1) is 11.3 Å². The SMILES string of the molecule is CC(N)(CO)c1cscn1. The first kappa shape index (κ1) is 7.65. The Morgan fingerprint density at radius 2 is 2.60 bits per heavy atom. The Kier molecular flexibility index (Phi) is 2.03. The van der Waals surface area contributed by atoms with E-state index in [-0.39, 0.29) is 6.61 Å². The van der Waals surface area contributed by atoms with Crippen LogP contribution in [0.5, 0.6) is 0 Å². The summed E-state index contributed by atoms with van der Waals surface area (Å²) in [6.07, 6.45) is 0. The predicted molar refractivity (Wildman–Crippen MR) is 40.7 cm³/mol. The summed E-state index contributed by atoms with van der Waals surface area (Å²) in [7, 11) is 0. The lowest BCUT2D eigenvalue weighted by atomic mass is 10.0. The minimum atomic E-state index is -0.681. The van der Waals surface area contributed by atoms with E-state index >= 15 is 0 Å². The number of hydrogen-bond acceptors (Lipinski definition) is 4. The van der Waals surface area contributed by atoms with E-state index in [1.54, 1.807) is 12.4 Å². The normalized spacial score (nSPS) is 16.7. The first-order chi connectivity index (χ1) is 4.67. The predicted octanol–water partition coefficient (Wildman–Crippen LogP) is 0.309. The maximum Gasteiger partial charge on any atom is 0.0797 e. The van der Waals surface area contributed by atoms with Gasteiger partial charge in [0.1, 0.15) is 0 Å². The molecular formula is C6H10N2OS. The van der Waals surface area contributed by atoms with Gasteiger partial charge in [0.25, 0.3) is 0 Å². The average molecular weight is 158 g/mol. The van der Waals surface area contributed by atoms with Gasteiger partial charge in [-0.1, -0.05) is 0 Å². The number of rotatable bonds is 2. The van der Waals surface area contributed by atoms with E-state index in [1.807, 2.05) is 5.38 Å². The molecule has 0 amide bonds. The monoisotopic (exact) mass is 158 g/mol. The van der Waals surface area contributed by atoms with Crippen LogP contribution in [-0.2, 0) is 5.54 Å². The maximum atomic E-state index is 8.81. The molecule has 10 heavy (non-hydrogen) atoms. The molecule has 3 nitrogen and oxygen atoms in total. The highest BCUT2D eigenvalue weighted by Gasteiger charge is 2.21. The summed E-state index contributed by atoms with van der Waals surface area (Å²) in [5, 5.41) is 10.6. The van der Waals surface area contributed by atoms with Crippen molar-refractivity contribution in [3.05, 3.63) is 16.6 Å². The van der Waals surface area contributed by atoms with E-state index in [4.69, 9.17) is 10.8 Å². The maximum absolute atomic E-state index is 8.81. The Bertz CT molecular complexity index is 196. The zero-order chi connectivity index (χ0) is 7.61. The highest BCUT2D eigenvalue weighted by molar-refractivity contribution is 7.07. The molecule has 1 aromatic rings. The molecule has 0 saturated heterocycles. The van der Waals surface area contributed by atoms with Crippen LogP contribution in [0.4, 0.5) is 0 Å². The molecule has 0 spiro atoms. The van der Waals surface area contributed by atoms with Gasteiger partial charge in [0.05, 0.1) is 23.4 Å². The second kappa shape index (κ2) is 2.65. The fraction of sp³-hybridized carbons (Fsp3) is 0.500. The number of nitrogens with two attached hydrogens (primary N) is 1. The van der Waals surface area contributed by atoms with E-state index in [0.717, 1.165) is 5.69 Å². The molecule has 4 heteroatoms. The molecule has 0 radical (unpaired) electrons. The number of thiazole rings is 1. The highest BCUT2D eigenvalue weighted by atomic mass is 32.1. The summed E-state index contributed by atoms with van der Waals surface area (Å²) in [5.41, 5.74) is 7.45. The standard InChI is InChI=1S/C6H10N2OS/c1-6(7,3-9)5-2-10-4-8-5/h2,4,9H,3,7H2,1H3. The van der Waals surface area contributed by atoms with Crippen molar-refractivity contribution < 1.29 is 5.11 Å². The zero-order valence-electron chi connectivity index (χ0n) is 5.74. The minimum Gasteiger partial charge on any atom is -0.394 e. The molecule has 1 heterocycles. The molecule has 0 aliphatic heterocycles. The van der Waals surface area contributed by atoms with Crippen LogP contribution in [-0.4, -0.2) is 16.7 Å². The first-order valence-electron chi connectivity index (χ1n) is 2.95. The van der Waals surface area contributed by atoms with Crippen LogP contribution >= 0.6 is 11.3 Å². The second-order valence-electron chi connectivity index (χ2n) is 2.45. The third-order valence-electron chi connectivity index (χ3n) is 1.35. The van der Waals surface area contributed by atoms with Gasteiger partial charge in [0.2, 0.25) is 0 Å². The van der Waals surface area contributed by atoms with Crippen LogP contribution in [0.25, 0.3) is 0 Å². The molecule has 1 unspecified atom stereocenters. The van der Waals surface area contributed by atoms with Gasteiger partial charge in [-0.25, -0.2) is 4.98 Å². The lowest BCUT2D eigenvalue weighted by molar-refractivity contribution is 0.207. The van der Waals surface area contributed by atoms with Crippen LogP contribution in [0, 0.1) is 0 Å². The van der Waals surface area contributed by atoms with Crippen molar-refractivity contribution in [1.82, 2.24) is 4.98 Å². The van der Waals surface area contributed by atoms with Crippen molar-refractivity contribution in [2.45, 2.75) is 12.5 Å². The quantitative estimate of drug-likeness (QED) is 0.651. The van der Waals surface area contributed by atoms with Crippen molar-refractivity contribution in [3.63, 3.8) is 0 Å². The van der Waals surface area contributed by atoms with E-state index in [9.17, 15) is 0 Å². The molecule has 0 aliphatic rings. The fourth-order valence-electron chi connectivity index (χ4n) is 0.576. The summed E-state index contributed by atoms with van der Waals surface area (Å²) in [6, 6.07) is 0. The fourth-order valence-corrected chi connectivity index (χ4v) is 1.27. The first-order valence-corrected chi connectivity index (χ1v) is 3.89. The van der Waals surface area contributed by atoms with E-state index in [0.29, 0.717) is 0 Å². The van der Waals surface area contributed by atoms with E-state index in [1.165, 1.54) is 11.3 Å². The van der Waals surface area contributed by atoms with Crippen molar-refractivity contribution in [3.8, 4) is 0 Å². The number of aliphatic hydroxyl groups excluding tert-OH is 1. The summed E-state index contributed by atoms with van der Waals surface area (Å²) in [4.78, 5) is 3.99. The molecule has 0 saturated carbocycles. The Hall–Kier alpha value is -0.450. The van der Waals surface area contributed by atoms with Gasteiger partial charge in [-0.2, -0.15) is 0 Å². The van der Waals surface area contributed by atoms with Crippen molar-refractivity contribution in [2.24, 2.45) is 5.73 Å². The minimum absolute atomic E-state index is 0.0727. The average Bonchev–Trinajstić information content (AvgIpc) is 2.38. The summed E-state index contributed by atoms with van der Waals surface area (Å²) >= 11 is 1.48. The number of aliphatic hydroxyl groups is 1. The lowest BCUT2D eigenvalue weighted by Crippen LogP contribution is -2.37. The summed E-state index contributed by atoms with van der Waals surface area (Å²) < 4.78 is 0. The highest BCUT2D eigenvalue weighted by Crippen LogP contribution is 2.15. The number of hydrogen-bond donors (Lipinski definition) is 2. The molecular weight excluding hydrogens is 148 g/mol. The molecule has 0 fully saturated rings. The molecule has 0 bridgehead atoms. The van der Waals surface area contributed by atoms with Crippen molar-refractivity contribution >= 4 is 11.3 Å². The molecule has 3 N–H and O–H groups in total. The van der Waals surface area contributed by atoms with Gasteiger partial charge in [0.15, 0.2) is 0 Å². The summed E-state index contributed by atoms with van der Waals surface area (Å²) in [5.74, 6) is 0. The molecule has 1 rings (SSSR count). The molecule has 56 valence electrons. The lowest BCUT2D eigenvalue weighted by Gasteiger charge is -2.18. The molecule has 0 aromatic carbocycles. The largest absolute Gasteiger partial charge is 0.394 e. The molecule has 1 aromatic heterocycles. The van der Waals surface area contributed by atoms with Crippen LogP contribution in [0.3, 0.4) is 0 Å². The molecule has 1 atom stereocenters. The van der Waals surface area contributed by atoms with Crippen molar-refractivity contribution in [1.29, 1.82) is 0 Å². The van der Waals surface area contributed by atoms with Gasteiger partial charge in [-0.05, 0) is 6.92 Å². The van der Waals surface area contributed by atoms with Crippen LogP contribution in [0.15, 0.2) is 10.9 Å². The Morgan fingerprint density at radius 3 is 3.00 bits per heavy atom. The Labute approximate surface area is 63.5 Å². The van der Waals surface area contributed by atoms with Gasteiger partial charge in [-0.3, -0.25) is 0 Å². The van der Waals surface area contributed by atoms with E-state index in [2.05, 4.69) is 4.98 Å². The van der Waals surface area contributed by atoms with Crippen LogP contribution in [0.2, 0.25) is 0 Å². The Balaban J connectivity index is 2.85. The topological polar surface area (TPSA) is 59.1 Å². The molecule has 0 aliphatic carbocycles.